The maximum Gasteiger partial charge on any atom is 0.186 e. The van der Waals surface area contributed by atoms with Crippen molar-refractivity contribution in [1.82, 2.24) is 19.6 Å². The first-order chi connectivity index (χ1) is 19.0. The summed E-state index contributed by atoms with van der Waals surface area (Å²) in [6.45, 7) is 4.32. The Labute approximate surface area is 241 Å². The summed E-state index contributed by atoms with van der Waals surface area (Å²) in [5.41, 5.74) is 1.87. The molecule has 1 aromatic carbocycles. The van der Waals surface area contributed by atoms with Gasteiger partial charge in [-0.1, -0.05) is 19.4 Å². The fourth-order valence-corrected chi connectivity index (χ4v) is 9.47. The van der Waals surface area contributed by atoms with Gasteiger partial charge in [0.15, 0.2) is 5.78 Å². The predicted molar refractivity (Wildman–Crippen MR) is 151 cm³/mol. The van der Waals surface area contributed by atoms with Gasteiger partial charge < -0.3 is 10.2 Å². The molecule has 0 amide bonds. The molecular formula is C31H34BrFN4O3. The Hall–Kier alpha value is -2.62. The number of hydrogen-bond acceptors (Lipinski definition) is 5. The van der Waals surface area contributed by atoms with Crippen LogP contribution in [-0.2, 0) is 17.8 Å². The second-order valence-electron chi connectivity index (χ2n) is 12.9. The molecule has 2 N–H and O–H groups in total. The quantitative estimate of drug-likeness (QED) is 0.429. The maximum atomic E-state index is 13.6. The number of nitrogens with zero attached hydrogens (tertiary/aromatic N) is 4. The van der Waals surface area contributed by atoms with Crippen LogP contribution in [-0.4, -0.2) is 47.3 Å². The molecule has 0 saturated heterocycles. The van der Waals surface area contributed by atoms with Gasteiger partial charge in [0.25, 0.3) is 0 Å². The number of carbonyl (C=O) groups is 1. The highest BCUT2D eigenvalue weighted by atomic mass is 79.9. The van der Waals surface area contributed by atoms with E-state index in [0.717, 1.165) is 47.1 Å². The van der Waals surface area contributed by atoms with Gasteiger partial charge in [0.05, 0.1) is 34.4 Å². The van der Waals surface area contributed by atoms with Crippen LogP contribution in [0.3, 0.4) is 0 Å². The minimum atomic E-state index is -1.49. The molecule has 0 bridgehead atoms. The molecule has 7 rings (SSSR count). The van der Waals surface area contributed by atoms with Crippen molar-refractivity contribution in [3.63, 3.8) is 0 Å². The topological polar surface area (TPSA) is 93.2 Å². The first kappa shape index (κ1) is 26.3. The number of fused-ring (bicyclic) bond motifs is 6. The van der Waals surface area contributed by atoms with Crippen LogP contribution in [0.5, 0.6) is 0 Å². The molecule has 4 aliphatic carbocycles. The molecule has 2 aromatic heterocycles. The Bertz CT molecular complexity index is 1530. The molecule has 0 aliphatic heterocycles. The Morgan fingerprint density at radius 2 is 1.95 bits per heavy atom. The Balaban J connectivity index is 1.19. The van der Waals surface area contributed by atoms with E-state index in [9.17, 15) is 19.4 Å². The maximum absolute atomic E-state index is 13.6. The lowest BCUT2D eigenvalue weighted by molar-refractivity contribution is -0.180. The van der Waals surface area contributed by atoms with Crippen molar-refractivity contribution in [2.45, 2.75) is 70.6 Å². The van der Waals surface area contributed by atoms with Crippen molar-refractivity contribution >= 4 is 27.8 Å². The van der Waals surface area contributed by atoms with Gasteiger partial charge in [0, 0.05) is 11.6 Å². The molecule has 2 heterocycles. The lowest BCUT2D eigenvalue weighted by Gasteiger charge is -2.60. The first-order valence-electron chi connectivity index (χ1n) is 14.2. The van der Waals surface area contributed by atoms with E-state index in [-0.39, 0.29) is 41.3 Å². The predicted octanol–water partition coefficient (Wildman–Crippen LogP) is 5.12. The van der Waals surface area contributed by atoms with Crippen LogP contribution in [0, 0.1) is 34.4 Å². The Kier molecular flexibility index (Phi) is 5.87. The molecule has 9 heteroatoms. The molecular weight excluding hydrogens is 575 g/mol. The summed E-state index contributed by atoms with van der Waals surface area (Å²) in [5.74, 6) is -0.0993. The molecule has 7 atom stereocenters. The second-order valence-corrected chi connectivity index (χ2v) is 13.8. The number of hydrogen-bond donors (Lipinski definition) is 2. The highest BCUT2D eigenvalue weighted by Gasteiger charge is 2.68. The minimum Gasteiger partial charge on any atom is -0.393 e. The Morgan fingerprint density at radius 3 is 2.67 bits per heavy atom. The van der Waals surface area contributed by atoms with Crippen molar-refractivity contribution in [2.24, 2.45) is 28.6 Å². The molecule has 3 saturated carbocycles. The average molecular weight is 610 g/mol. The third-order valence-corrected chi connectivity index (χ3v) is 11.4. The van der Waals surface area contributed by atoms with Gasteiger partial charge in [-0.15, -0.1) is 0 Å². The number of ketones is 1. The Morgan fingerprint density at radius 1 is 1.18 bits per heavy atom. The van der Waals surface area contributed by atoms with Crippen molar-refractivity contribution in [1.29, 1.82) is 0 Å². The number of aromatic nitrogens is 4. The number of carbonyl (C=O) groups excluding carboxylic acids is 1. The first-order valence-corrected chi connectivity index (χ1v) is 15.0. The number of rotatable bonds is 4. The van der Waals surface area contributed by atoms with Gasteiger partial charge in [-0.2, -0.15) is 10.2 Å². The summed E-state index contributed by atoms with van der Waals surface area (Å²) in [6.07, 6.45) is 11.1. The molecule has 40 heavy (non-hydrogen) atoms. The number of Topliss-reactive ketones (excluding diaryl/α,β-unsaturated/α-hetero) is 1. The van der Waals surface area contributed by atoms with Crippen LogP contribution in [0.25, 0.3) is 11.8 Å². The highest BCUT2D eigenvalue weighted by molar-refractivity contribution is 9.10. The molecule has 7 nitrogen and oxygen atoms in total. The monoisotopic (exact) mass is 608 g/mol. The summed E-state index contributed by atoms with van der Waals surface area (Å²) >= 11 is 3.38. The van der Waals surface area contributed by atoms with Gasteiger partial charge in [0.1, 0.15) is 18.0 Å². The molecule has 0 radical (unpaired) electrons. The largest absolute Gasteiger partial charge is 0.393 e. The fourth-order valence-electron chi connectivity index (χ4n) is 9.14. The van der Waals surface area contributed by atoms with Gasteiger partial charge in [0.2, 0.25) is 0 Å². The van der Waals surface area contributed by atoms with E-state index in [1.54, 1.807) is 29.2 Å². The number of allylic oxidation sites excluding steroid dienone is 1. The normalized spacial score (nSPS) is 36.3. The number of benzene rings is 1. The van der Waals surface area contributed by atoms with Crippen LogP contribution < -0.4 is 0 Å². The zero-order valence-corrected chi connectivity index (χ0v) is 24.3. The van der Waals surface area contributed by atoms with Crippen molar-refractivity contribution < 1.29 is 19.4 Å². The third-order valence-electron chi connectivity index (χ3n) is 11.0. The van der Waals surface area contributed by atoms with Gasteiger partial charge >= 0.3 is 0 Å². The van der Waals surface area contributed by atoms with E-state index < -0.39 is 17.1 Å². The van der Waals surface area contributed by atoms with Crippen molar-refractivity contribution in [3.05, 3.63) is 70.0 Å². The minimum absolute atomic E-state index is 0.0139. The van der Waals surface area contributed by atoms with E-state index in [1.807, 2.05) is 17.8 Å². The summed E-state index contributed by atoms with van der Waals surface area (Å²) in [6, 6.07) is 6.38. The molecule has 3 aromatic rings. The zero-order chi connectivity index (χ0) is 28.0. The summed E-state index contributed by atoms with van der Waals surface area (Å²) in [4.78, 5) is 13.6. The SMILES string of the molecule is CC12Cc3cnn(-c4ccc(F)cc4)c3C=C1CCC1C2[C@@H](O)CC2(C)C1CCC2(O)C(=O)Cn1cc(Br)cn1. The van der Waals surface area contributed by atoms with Crippen LogP contribution in [0.1, 0.15) is 57.2 Å². The van der Waals surface area contributed by atoms with E-state index in [4.69, 9.17) is 0 Å². The number of aliphatic hydroxyl groups excluding tert-OH is 1. The van der Waals surface area contributed by atoms with Crippen LogP contribution in [0.2, 0.25) is 0 Å². The van der Waals surface area contributed by atoms with Crippen LogP contribution in [0.4, 0.5) is 4.39 Å². The summed E-state index contributed by atoms with van der Waals surface area (Å²) < 4.78 is 17.8. The third kappa shape index (κ3) is 3.63. The number of halogens is 2. The molecule has 0 spiro atoms. The molecule has 210 valence electrons. The van der Waals surface area contributed by atoms with Crippen molar-refractivity contribution in [3.8, 4) is 5.69 Å². The van der Waals surface area contributed by atoms with Gasteiger partial charge in [-0.3, -0.25) is 9.48 Å². The van der Waals surface area contributed by atoms with E-state index in [2.05, 4.69) is 39.1 Å². The fraction of sp³-hybridized carbons (Fsp3) is 0.516. The summed E-state index contributed by atoms with van der Waals surface area (Å²) in [5, 5.41) is 32.7. The molecule has 4 aliphatic rings. The van der Waals surface area contributed by atoms with Crippen LogP contribution >= 0.6 is 15.9 Å². The van der Waals surface area contributed by atoms with E-state index in [0.29, 0.717) is 12.8 Å². The zero-order valence-electron chi connectivity index (χ0n) is 22.7. The second kappa shape index (κ2) is 8.94. The van der Waals surface area contributed by atoms with E-state index in [1.165, 1.54) is 17.7 Å². The van der Waals surface area contributed by atoms with Crippen LogP contribution in [0.15, 0.2) is 52.9 Å². The highest BCUT2D eigenvalue weighted by Crippen LogP contribution is 2.67. The van der Waals surface area contributed by atoms with Crippen molar-refractivity contribution in [2.75, 3.05) is 0 Å². The average Bonchev–Trinajstić information content (AvgIpc) is 3.58. The van der Waals surface area contributed by atoms with E-state index >= 15 is 0 Å². The standard InChI is InChI=1S/C31H34BrFN4O3/c1-29-12-18-14-35-37(22-6-4-21(33)5-7-22)25(18)11-19(29)3-8-23-24-9-10-31(40,30(24,2)13-26(38)28(23)29)27(39)17-36-16-20(32)15-34-36/h4-7,11,14-16,23-24,26,28,38,40H,3,8-10,12-13,17H2,1-2H3/t23?,24?,26-,28?,29?,30?,31?/m0/s1. The molecule has 3 fully saturated rings. The van der Waals surface area contributed by atoms with Gasteiger partial charge in [-0.05, 0) is 114 Å². The summed E-state index contributed by atoms with van der Waals surface area (Å²) in [7, 11) is 0. The van der Waals surface area contributed by atoms with Gasteiger partial charge in [-0.25, -0.2) is 9.07 Å². The molecule has 6 unspecified atom stereocenters. The lowest BCUT2D eigenvalue weighted by Crippen LogP contribution is -2.62. The smallest absolute Gasteiger partial charge is 0.186 e. The number of aliphatic hydroxyl groups is 2. The lowest BCUT2D eigenvalue weighted by atomic mass is 9.45.